The molecule has 1 aromatic carbocycles. The topological polar surface area (TPSA) is 90.4 Å². The van der Waals surface area contributed by atoms with E-state index < -0.39 is 6.09 Å². The number of para-hydroxylation sites is 1. The quantitative estimate of drug-likeness (QED) is 0.573. The molecule has 0 unspecified atom stereocenters. The molecule has 15 heavy (non-hydrogen) atoms. The minimum absolute atomic E-state index is 0.210. The van der Waals surface area contributed by atoms with E-state index in [4.69, 9.17) is 11.5 Å². The Hall–Kier alpha value is -1.43. The highest BCUT2D eigenvalue weighted by Gasteiger charge is 2.01. The molecule has 1 rings (SSSR count). The summed E-state index contributed by atoms with van der Waals surface area (Å²) >= 11 is 3.31. The predicted molar refractivity (Wildman–Crippen MR) is 62.6 cm³/mol. The van der Waals surface area contributed by atoms with Crippen LogP contribution in [0.2, 0.25) is 0 Å². The maximum Gasteiger partial charge on any atom is 0.404 e. The lowest BCUT2D eigenvalue weighted by molar-refractivity contribution is 0.161. The monoisotopic (exact) mass is 273 g/mol. The molecule has 0 fully saturated rings. The third-order valence-corrected chi connectivity index (χ3v) is 2.41. The standard InChI is InChI=1S/C9H12BrN3O2/c10-6-2-1-3-7(8(6)11)13-4-5-15-9(12)14/h1-3,13H,4-5,11H2,(H2,12,14). The molecule has 6 heteroatoms. The first-order valence-corrected chi connectivity index (χ1v) is 5.10. The van der Waals surface area contributed by atoms with Gasteiger partial charge < -0.3 is 21.5 Å². The number of anilines is 2. The highest BCUT2D eigenvalue weighted by atomic mass is 79.9. The number of halogens is 1. The van der Waals surface area contributed by atoms with E-state index in [1.807, 2.05) is 18.2 Å². The first-order valence-electron chi connectivity index (χ1n) is 4.31. The van der Waals surface area contributed by atoms with Crippen molar-refractivity contribution in [3.8, 4) is 0 Å². The van der Waals surface area contributed by atoms with Gasteiger partial charge in [0, 0.05) is 11.0 Å². The van der Waals surface area contributed by atoms with Crippen molar-refractivity contribution in [1.29, 1.82) is 0 Å². The van der Waals surface area contributed by atoms with Crippen molar-refractivity contribution in [3.63, 3.8) is 0 Å². The number of nitrogen functional groups attached to an aromatic ring is 1. The molecule has 0 bridgehead atoms. The normalized spacial score (nSPS) is 9.67. The van der Waals surface area contributed by atoms with Crippen LogP contribution in [0.25, 0.3) is 0 Å². The lowest BCUT2D eigenvalue weighted by Gasteiger charge is -2.09. The van der Waals surface area contributed by atoms with Crippen LogP contribution in [-0.2, 0) is 4.74 Å². The highest BCUT2D eigenvalue weighted by molar-refractivity contribution is 9.10. The van der Waals surface area contributed by atoms with Gasteiger partial charge in [-0.2, -0.15) is 0 Å². The van der Waals surface area contributed by atoms with Gasteiger partial charge in [0.05, 0.1) is 11.4 Å². The van der Waals surface area contributed by atoms with Crippen LogP contribution in [0, 0.1) is 0 Å². The van der Waals surface area contributed by atoms with E-state index in [9.17, 15) is 4.79 Å². The molecule has 0 saturated carbocycles. The van der Waals surface area contributed by atoms with Gasteiger partial charge in [0.25, 0.3) is 0 Å². The molecule has 0 saturated heterocycles. The number of ether oxygens (including phenoxy) is 1. The fourth-order valence-electron chi connectivity index (χ4n) is 1.03. The molecular weight excluding hydrogens is 262 g/mol. The van der Waals surface area contributed by atoms with E-state index in [-0.39, 0.29) is 6.61 Å². The first kappa shape index (κ1) is 11.6. The van der Waals surface area contributed by atoms with Crippen LogP contribution in [-0.4, -0.2) is 19.2 Å². The SMILES string of the molecule is NC(=O)OCCNc1cccc(Br)c1N. The van der Waals surface area contributed by atoms with Gasteiger partial charge in [-0.3, -0.25) is 0 Å². The number of nitrogens with two attached hydrogens (primary N) is 2. The van der Waals surface area contributed by atoms with E-state index in [1.54, 1.807) is 0 Å². The van der Waals surface area contributed by atoms with Crippen LogP contribution >= 0.6 is 15.9 Å². The first-order chi connectivity index (χ1) is 7.11. The van der Waals surface area contributed by atoms with Crippen molar-refractivity contribution in [2.24, 2.45) is 5.73 Å². The molecule has 5 nitrogen and oxygen atoms in total. The van der Waals surface area contributed by atoms with Crippen LogP contribution in [0.3, 0.4) is 0 Å². The molecule has 0 aliphatic rings. The van der Waals surface area contributed by atoms with Crippen molar-refractivity contribution >= 4 is 33.4 Å². The number of hydrogen-bond acceptors (Lipinski definition) is 4. The fourth-order valence-corrected chi connectivity index (χ4v) is 1.39. The van der Waals surface area contributed by atoms with Gasteiger partial charge in [-0.25, -0.2) is 4.79 Å². The van der Waals surface area contributed by atoms with E-state index in [2.05, 4.69) is 26.0 Å². The van der Waals surface area contributed by atoms with Gasteiger partial charge in [0.1, 0.15) is 6.61 Å². The molecule has 82 valence electrons. The van der Waals surface area contributed by atoms with Gasteiger partial charge in [-0.15, -0.1) is 0 Å². The molecule has 0 aliphatic carbocycles. The van der Waals surface area contributed by atoms with E-state index in [0.717, 1.165) is 10.2 Å². The maximum absolute atomic E-state index is 10.3. The minimum atomic E-state index is -0.779. The second-order valence-corrected chi connectivity index (χ2v) is 3.65. The molecule has 0 atom stereocenters. The second kappa shape index (κ2) is 5.45. The number of carbonyl (C=O) groups excluding carboxylic acids is 1. The third kappa shape index (κ3) is 3.67. The molecule has 0 spiro atoms. The zero-order chi connectivity index (χ0) is 11.3. The number of amides is 1. The summed E-state index contributed by atoms with van der Waals surface area (Å²) in [6, 6.07) is 5.54. The molecule has 5 N–H and O–H groups in total. The van der Waals surface area contributed by atoms with E-state index in [0.29, 0.717) is 12.2 Å². The summed E-state index contributed by atoms with van der Waals surface area (Å²) in [5.41, 5.74) is 12.0. The molecule has 0 aromatic heterocycles. The summed E-state index contributed by atoms with van der Waals surface area (Å²) in [7, 11) is 0. The zero-order valence-corrected chi connectivity index (χ0v) is 9.58. The van der Waals surface area contributed by atoms with Crippen LogP contribution in [0.15, 0.2) is 22.7 Å². The van der Waals surface area contributed by atoms with Crippen molar-refractivity contribution in [2.45, 2.75) is 0 Å². The molecule has 0 radical (unpaired) electrons. The van der Waals surface area contributed by atoms with Gasteiger partial charge in [0.2, 0.25) is 0 Å². The number of hydrogen-bond donors (Lipinski definition) is 3. The summed E-state index contributed by atoms with van der Waals surface area (Å²) in [6.45, 7) is 0.672. The molecule has 1 aromatic rings. The largest absolute Gasteiger partial charge is 0.448 e. The smallest absolute Gasteiger partial charge is 0.404 e. The van der Waals surface area contributed by atoms with Crippen LogP contribution < -0.4 is 16.8 Å². The fraction of sp³-hybridized carbons (Fsp3) is 0.222. The lowest BCUT2D eigenvalue weighted by Crippen LogP contribution is -2.18. The maximum atomic E-state index is 10.3. The summed E-state index contributed by atoms with van der Waals surface area (Å²) in [5, 5.41) is 3.02. The van der Waals surface area contributed by atoms with E-state index >= 15 is 0 Å². The molecule has 0 aliphatic heterocycles. The Balaban J connectivity index is 2.44. The summed E-state index contributed by atoms with van der Waals surface area (Å²) in [4.78, 5) is 10.3. The average molecular weight is 274 g/mol. The summed E-state index contributed by atoms with van der Waals surface area (Å²) < 4.78 is 5.38. The Morgan fingerprint density at radius 2 is 2.27 bits per heavy atom. The predicted octanol–water partition coefficient (Wildman–Crippen LogP) is 1.54. The Bertz CT molecular complexity index is 357. The highest BCUT2D eigenvalue weighted by Crippen LogP contribution is 2.26. The second-order valence-electron chi connectivity index (χ2n) is 2.80. The van der Waals surface area contributed by atoms with Gasteiger partial charge in [-0.05, 0) is 28.1 Å². The Morgan fingerprint density at radius 3 is 2.93 bits per heavy atom. The number of rotatable bonds is 4. The van der Waals surface area contributed by atoms with Gasteiger partial charge >= 0.3 is 6.09 Å². The zero-order valence-electron chi connectivity index (χ0n) is 8.00. The van der Waals surface area contributed by atoms with Gasteiger partial charge in [0.15, 0.2) is 0 Å². The Kier molecular flexibility index (Phi) is 4.23. The lowest BCUT2D eigenvalue weighted by atomic mass is 10.3. The van der Waals surface area contributed by atoms with E-state index in [1.165, 1.54) is 0 Å². The van der Waals surface area contributed by atoms with Crippen LogP contribution in [0.1, 0.15) is 0 Å². The van der Waals surface area contributed by atoms with Crippen molar-refractivity contribution in [3.05, 3.63) is 22.7 Å². The van der Waals surface area contributed by atoms with Crippen LogP contribution in [0.4, 0.5) is 16.2 Å². The van der Waals surface area contributed by atoms with Gasteiger partial charge in [-0.1, -0.05) is 6.07 Å². The number of primary amides is 1. The average Bonchev–Trinajstić information content (AvgIpc) is 2.18. The third-order valence-electron chi connectivity index (χ3n) is 1.71. The van der Waals surface area contributed by atoms with Crippen molar-refractivity contribution in [2.75, 3.05) is 24.2 Å². The number of carbonyl (C=O) groups is 1. The van der Waals surface area contributed by atoms with Crippen molar-refractivity contribution < 1.29 is 9.53 Å². The molecule has 0 heterocycles. The summed E-state index contributed by atoms with van der Waals surface area (Å²) in [5.74, 6) is 0. The number of benzene rings is 1. The minimum Gasteiger partial charge on any atom is -0.448 e. The molecule has 1 amide bonds. The summed E-state index contributed by atoms with van der Waals surface area (Å²) in [6.07, 6.45) is -0.779. The van der Waals surface area contributed by atoms with Crippen molar-refractivity contribution in [1.82, 2.24) is 0 Å². The Labute approximate surface area is 95.9 Å². The molecular formula is C9H12BrN3O2. The Morgan fingerprint density at radius 1 is 1.53 bits per heavy atom. The van der Waals surface area contributed by atoms with Crippen LogP contribution in [0.5, 0.6) is 0 Å². The number of nitrogens with one attached hydrogen (secondary N) is 1.